The van der Waals surface area contributed by atoms with Gasteiger partial charge in [-0.15, -0.1) is 0 Å². The molecule has 2 rings (SSSR count). The molecule has 2 radical (unpaired) electrons. The molecule has 0 unspecified atom stereocenters. The minimum atomic E-state index is 0.970. The quantitative estimate of drug-likeness (QED) is 0.525. The molecule has 0 heterocycles. The van der Waals surface area contributed by atoms with Gasteiger partial charge in [-0.25, -0.2) is 0 Å². The maximum atomic E-state index is 2.29. The standard InChI is InChI=1S/C16H20Si/c1-2-3-4-7-13-17-16-12-8-10-14-9-5-6-11-15(14)16/h5-6,8-12H,2-4,7,13H2,1H3. The first-order chi connectivity index (χ1) is 8.42. The maximum absolute atomic E-state index is 2.29. The molecule has 0 aliphatic rings. The van der Waals surface area contributed by atoms with Crippen molar-refractivity contribution >= 4 is 25.5 Å². The third-order valence-electron chi connectivity index (χ3n) is 3.14. The Kier molecular flexibility index (Phi) is 4.81. The van der Waals surface area contributed by atoms with Crippen LogP contribution >= 0.6 is 0 Å². The molecule has 88 valence electrons. The van der Waals surface area contributed by atoms with Gasteiger partial charge in [-0.05, 0) is 10.8 Å². The highest BCUT2D eigenvalue weighted by Crippen LogP contribution is 2.11. The van der Waals surface area contributed by atoms with Gasteiger partial charge in [-0.3, -0.25) is 0 Å². The molecule has 17 heavy (non-hydrogen) atoms. The van der Waals surface area contributed by atoms with Crippen LogP contribution in [0.4, 0.5) is 0 Å². The SMILES string of the molecule is CCCCCC[Si]c1cccc2ccccc12. The second kappa shape index (κ2) is 6.60. The molecule has 0 atom stereocenters. The van der Waals surface area contributed by atoms with Crippen molar-refractivity contribution in [1.82, 2.24) is 0 Å². The number of benzene rings is 2. The third-order valence-corrected chi connectivity index (χ3v) is 4.56. The van der Waals surface area contributed by atoms with Crippen LogP contribution in [0.3, 0.4) is 0 Å². The summed E-state index contributed by atoms with van der Waals surface area (Å²) in [6.07, 6.45) is 5.50. The van der Waals surface area contributed by atoms with Crippen molar-refractivity contribution in [2.24, 2.45) is 0 Å². The van der Waals surface area contributed by atoms with Gasteiger partial charge in [0.25, 0.3) is 0 Å². The Morgan fingerprint density at radius 3 is 2.59 bits per heavy atom. The molecule has 0 nitrogen and oxygen atoms in total. The molecule has 0 saturated heterocycles. The highest BCUT2D eigenvalue weighted by atomic mass is 28.2. The molecule has 0 N–H and O–H groups in total. The number of hydrogen-bond acceptors (Lipinski definition) is 0. The predicted molar refractivity (Wildman–Crippen MR) is 78.3 cm³/mol. The minimum Gasteiger partial charge on any atom is -0.0654 e. The average Bonchev–Trinajstić information content (AvgIpc) is 2.39. The van der Waals surface area contributed by atoms with Crippen LogP contribution in [0.5, 0.6) is 0 Å². The van der Waals surface area contributed by atoms with Gasteiger partial charge in [-0.2, -0.15) is 0 Å². The molecule has 1 heteroatoms. The Bertz CT molecular complexity index is 457. The average molecular weight is 240 g/mol. The summed E-state index contributed by atoms with van der Waals surface area (Å²) in [6.45, 7) is 2.27. The first kappa shape index (κ1) is 12.4. The smallest absolute Gasteiger partial charge is 0.0654 e. The summed E-state index contributed by atoms with van der Waals surface area (Å²) in [5.41, 5.74) is 0. The molecule has 0 spiro atoms. The fourth-order valence-corrected chi connectivity index (χ4v) is 3.48. The molecule has 0 aliphatic heterocycles. The first-order valence-electron chi connectivity index (χ1n) is 6.63. The number of fused-ring (bicyclic) bond motifs is 1. The second-order valence-electron chi connectivity index (χ2n) is 4.51. The van der Waals surface area contributed by atoms with Crippen molar-refractivity contribution in [3.05, 3.63) is 42.5 Å². The van der Waals surface area contributed by atoms with Crippen LogP contribution in [-0.2, 0) is 0 Å². The summed E-state index contributed by atoms with van der Waals surface area (Å²) in [5.74, 6) is 0. The van der Waals surface area contributed by atoms with Gasteiger partial charge in [0.05, 0.1) is 9.52 Å². The predicted octanol–water partition coefficient (Wildman–Crippen LogP) is 4.17. The molecule has 2 aromatic carbocycles. The number of hydrogen-bond donors (Lipinski definition) is 0. The Hall–Kier alpha value is -1.08. The van der Waals surface area contributed by atoms with Gasteiger partial charge in [0.15, 0.2) is 0 Å². The molecule has 0 fully saturated rings. The van der Waals surface area contributed by atoms with Crippen LogP contribution in [0, 0.1) is 0 Å². The number of unbranched alkanes of at least 4 members (excludes halogenated alkanes) is 3. The number of rotatable bonds is 6. The molecule has 0 bridgehead atoms. The zero-order valence-corrected chi connectivity index (χ0v) is 11.6. The summed E-state index contributed by atoms with van der Waals surface area (Å²) in [7, 11) is 0.970. The van der Waals surface area contributed by atoms with Crippen LogP contribution in [0.25, 0.3) is 10.8 Å². The summed E-state index contributed by atoms with van der Waals surface area (Å²) in [6, 6.07) is 16.8. The van der Waals surface area contributed by atoms with E-state index in [0.29, 0.717) is 0 Å². The van der Waals surface area contributed by atoms with E-state index in [1.165, 1.54) is 42.5 Å². The van der Waals surface area contributed by atoms with Gasteiger partial charge in [0, 0.05) is 0 Å². The maximum Gasteiger partial charge on any atom is 0.0816 e. The van der Waals surface area contributed by atoms with E-state index in [1.54, 1.807) is 5.19 Å². The van der Waals surface area contributed by atoms with Gasteiger partial charge in [0.2, 0.25) is 0 Å². The zero-order valence-electron chi connectivity index (χ0n) is 10.6. The minimum absolute atomic E-state index is 0.970. The van der Waals surface area contributed by atoms with E-state index in [1.807, 2.05) is 0 Å². The molecule has 0 saturated carbocycles. The van der Waals surface area contributed by atoms with Gasteiger partial charge in [0.1, 0.15) is 0 Å². The van der Waals surface area contributed by atoms with Crippen LogP contribution in [-0.4, -0.2) is 9.52 Å². The third kappa shape index (κ3) is 3.44. The van der Waals surface area contributed by atoms with Crippen molar-refractivity contribution < 1.29 is 0 Å². The first-order valence-corrected chi connectivity index (χ1v) is 7.84. The molecule has 0 aliphatic carbocycles. The zero-order chi connectivity index (χ0) is 11.9. The van der Waals surface area contributed by atoms with Crippen molar-refractivity contribution in [2.75, 3.05) is 0 Å². The topological polar surface area (TPSA) is 0 Å². The fraction of sp³-hybridized carbons (Fsp3) is 0.375. The van der Waals surface area contributed by atoms with Gasteiger partial charge < -0.3 is 0 Å². The van der Waals surface area contributed by atoms with E-state index >= 15 is 0 Å². The lowest BCUT2D eigenvalue weighted by molar-refractivity contribution is 0.701. The molecule has 2 aromatic rings. The summed E-state index contributed by atoms with van der Waals surface area (Å²) >= 11 is 0. The van der Waals surface area contributed by atoms with E-state index in [4.69, 9.17) is 0 Å². The second-order valence-corrected chi connectivity index (χ2v) is 5.91. The van der Waals surface area contributed by atoms with Crippen molar-refractivity contribution in [3.8, 4) is 0 Å². The lowest BCUT2D eigenvalue weighted by atomic mass is 10.1. The lowest BCUT2D eigenvalue weighted by Gasteiger charge is -2.05. The molecular formula is C16H20Si. The van der Waals surface area contributed by atoms with Crippen molar-refractivity contribution in [1.29, 1.82) is 0 Å². The largest absolute Gasteiger partial charge is 0.0816 e. The van der Waals surface area contributed by atoms with Gasteiger partial charge in [-0.1, -0.05) is 86.3 Å². The van der Waals surface area contributed by atoms with Crippen LogP contribution in [0.15, 0.2) is 42.5 Å². The van der Waals surface area contributed by atoms with Crippen LogP contribution in [0.1, 0.15) is 32.6 Å². The summed E-state index contributed by atoms with van der Waals surface area (Å²) < 4.78 is 0. The monoisotopic (exact) mass is 240 g/mol. The highest BCUT2D eigenvalue weighted by Gasteiger charge is 2.00. The van der Waals surface area contributed by atoms with E-state index < -0.39 is 0 Å². The molecule has 0 amide bonds. The Labute approximate surface area is 107 Å². The highest BCUT2D eigenvalue weighted by molar-refractivity contribution is 6.57. The Morgan fingerprint density at radius 1 is 0.882 bits per heavy atom. The van der Waals surface area contributed by atoms with Crippen molar-refractivity contribution in [2.45, 2.75) is 38.7 Å². The lowest BCUT2D eigenvalue weighted by Crippen LogP contribution is -2.14. The Morgan fingerprint density at radius 2 is 1.71 bits per heavy atom. The summed E-state index contributed by atoms with van der Waals surface area (Å²) in [4.78, 5) is 0. The van der Waals surface area contributed by atoms with E-state index in [2.05, 4.69) is 49.4 Å². The van der Waals surface area contributed by atoms with E-state index in [0.717, 1.165) is 9.52 Å². The van der Waals surface area contributed by atoms with Crippen molar-refractivity contribution in [3.63, 3.8) is 0 Å². The normalized spacial score (nSPS) is 10.9. The summed E-state index contributed by atoms with van der Waals surface area (Å²) in [5, 5.41) is 4.37. The molecule has 0 aromatic heterocycles. The molecular weight excluding hydrogens is 220 g/mol. The van der Waals surface area contributed by atoms with E-state index in [-0.39, 0.29) is 0 Å². The van der Waals surface area contributed by atoms with Gasteiger partial charge >= 0.3 is 0 Å². The van der Waals surface area contributed by atoms with Crippen LogP contribution in [0.2, 0.25) is 6.04 Å². The van der Waals surface area contributed by atoms with Crippen LogP contribution < -0.4 is 5.19 Å². The van der Waals surface area contributed by atoms with E-state index in [9.17, 15) is 0 Å². The Balaban J connectivity index is 1.98. The fourth-order valence-electron chi connectivity index (χ4n) is 2.15.